The average molecular weight is 392 g/mol. The van der Waals surface area contributed by atoms with E-state index in [1.807, 2.05) is 6.07 Å². The second-order valence-electron chi connectivity index (χ2n) is 8.48. The summed E-state index contributed by atoms with van der Waals surface area (Å²) >= 11 is 0. The molecule has 0 bridgehead atoms. The Morgan fingerprint density at radius 1 is 0.897 bits per heavy atom. The van der Waals surface area contributed by atoms with Crippen LogP contribution in [0.4, 0.5) is 0 Å². The van der Waals surface area contributed by atoms with Gasteiger partial charge in [0, 0.05) is 44.2 Å². The minimum Gasteiger partial charge on any atom is -0.381 e. The van der Waals surface area contributed by atoms with Gasteiger partial charge in [-0.2, -0.15) is 0 Å². The molecule has 152 valence electrons. The van der Waals surface area contributed by atoms with Crippen molar-refractivity contribution in [2.24, 2.45) is 11.8 Å². The number of hydrogen-bond donors (Lipinski definition) is 2. The molecular weight excluding hydrogens is 362 g/mol. The van der Waals surface area contributed by atoms with Crippen molar-refractivity contribution < 1.29 is 9.53 Å². The smallest absolute Gasteiger partial charge is 0.225 e. The van der Waals surface area contributed by atoms with Crippen LogP contribution in [0.5, 0.6) is 0 Å². The van der Waals surface area contributed by atoms with E-state index in [4.69, 9.17) is 4.74 Å². The zero-order chi connectivity index (χ0) is 19.6. The van der Waals surface area contributed by atoms with Crippen LogP contribution in [-0.4, -0.2) is 43.2 Å². The summed E-state index contributed by atoms with van der Waals surface area (Å²) in [5.41, 5.74) is 10.7. The Labute approximate surface area is 172 Å². The summed E-state index contributed by atoms with van der Waals surface area (Å²) in [5, 5.41) is 0. The summed E-state index contributed by atoms with van der Waals surface area (Å²) in [5.74, 6) is 0.873. The monoisotopic (exact) mass is 391 g/mol. The van der Waals surface area contributed by atoms with E-state index in [9.17, 15) is 4.79 Å². The van der Waals surface area contributed by atoms with Crippen LogP contribution in [-0.2, 0) is 9.53 Å². The van der Waals surface area contributed by atoms with Crippen LogP contribution in [0.2, 0.25) is 0 Å². The second-order valence-corrected chi connectivity index (χ2v) is 8.48. The summed E-state index contributed by atoms with van der Waals surface area (Å²) in [6.45, 7) is 3.11. The number of nitrogens with one attached hydrogen (secondary N) is 2. The summed E-state index contributed by atoms with van der Waals surface area (Å²) in [6.07, 6.45) is 2.74. The van der Waals surface area contributed by atoms with Crippen molar-refractivity contribution in [3.63, 3.8) is 0 Å². The lowest BCUT2D eigenvalue weighted by molar-refractivity contribution is -0.140. The van der Waals surface area contributed by atoms with Crippen LogP contribution >= 0.6 is 0 Å². The first kappa shape index (κ1) is 18.8. The van der Waals surface area contributed by atoms with Crippen molar-refractivity contribution in [2.75, 3.05) is 26.3 Å². The molecule has 3 unspecified atom stereocenters. The Morgan fingerprint density at radius 2 is 1.62 bits per heavy atom. The summed E-state index contributed by atoms with van der Waals surface area (Å²) in [4.78, 5) is 15.1. The standard InChI is InChI=1S/C24H29N3O2/c28-24(20-11-14-29-15-12-20)27-13-10-22-21(16-27)23(26-25-22)19-8-6-18(7-9-19)17-4-2-1-3-5-17/h1-9,20-23,25-26H,10-16H2. The van der Waals surface area contributed by atoms with Gasteiger partial charge in [-0.05, 0) is 36.0 Å². The number of fused-ring (bicyclic) bond motifs is 1. The van der Waals surface area contributed by atoms with E-state index in [0.29, 0.717) is 17.9 Å². The van der Waals surface area contributed by atoms with Crippen molar-refractivity contribution in [1.82, 2.24) is 15.8 Å². The number of piperidine rings is 1. The van der Waals surface area contributed by atoms with Crippen LogP contribution in [0.25, 0.3) is 11.1 Å². The number of carbonyl (C=O) groups excluding carboxylic acids is 1. The zero-order valence-electron chi connectivity index (χ0n) is 16.7. The van der Waals surface area contributed by atoms with Crippen LogP contribution in [0.15, 0.2) is 54.6 Å². The van der Waals surface area contributed by atoms with Gasteiger partial charge in [-0.1, -0.05) is 54.6 Å². The maximum atomic E-state index is 13.0. The van der Waals surface area contributed by atoms with Gasteiger partial charge in [0.1, 0.15) is 0 Å². The van der Waals surface area contributed by atoms with Crippen LogP contribution in [0, 0.1) is 11.8 Å². The fourth-order valence-electron chi connectivity index (χ4n) is 5.05. The maximum Gasteiger partial charge on any atom is 0.225 e. The quantitative estimate of drug-likeness (QED) is 0.844. The molecule has 3 aliphatic heterocycles. The largest absolute Gasteiger partial charge is 0.381 e. The van der Waals surface area contributed by atoms with Gasteiger partial charge in [-0.25, -0.2) is 5.43 Å². The molecule has 2 aromatic carbocycles. The van der Waals surface area contributed by atoms with Gasteiger partial charge in [-0.15, -0.1) is 0 Å². The second kappa shape index (κ2) is 8.27. The molecule has 0 radical (unpaired) electrons. The molecule has 29 heavy (non-hydrogen) atoms. The highest BCUT2D eigenvalue weighted by Crippen LogP contribution is 2.35. The number of carbonyl (C=O) groups is 1. The molecule has 3 fully saturated rings. The summed E-state index contributed by atoms with van der Waals surface area (Å²) in [7, 11) is 0. The van der Waals surface area contributed by atoms with Gasteiger partial charge in [0.25, 0.3) is 0 Å². The number of benzene rings is 2. The van der Waals surface area contributed by atoms with Gasteiger partial charge < -0.3 is 9.64 Å². The third-order valence-corrected chi connectivity index (χ3v) is 6.77. The lowest BCUT2D eigenvalue weighted by Gasteiger charge is -2.38. The number of ether oxygens (including phenoxy) is 1. The van der Waals surface area contributed by atoms with Gasteiger partial charge in [0.05, 0.1) is 6.04 Å². The molecule has 0 spiro atoms. The van der Waals surface area contributed by atoms with Crippen LogP contribution < -0.4 is 10.9 Å². The van der Waals surface area contributed by atoms with Crippen molar-refractivity contribution in [3.8, 4) is 11.1 Å². The van der Waals surface area contributed by atoms with E-state index in [0.717, 1.165) is 45.6 Å². The minimum atomic E-state index is 0.145. The number of rotatable bonds is 3. The Bertz CT molecular complexity index is 833. The van der Waals surface area contributed by atoms with Crippen LogP contribution in [0.1, 0.15) is 30.9 Å². The molecule has 3 aliphatic rings. The topological polar surface area (TPSA) is 53.6 Å². The number of nitrogens with zero attached hydrogens (tertiary/aromatic N) is 1. The first-order chi connectivity index (χ1) is 14.3. The molecule has 0 saturated carbocycles. The van der Waals surface area contributed by atoms with Crippen molar-refractivity contribution >= 4 is 5.91 Å². The van der Waals surface area contributed by atoms with E-state index in [1.165, 1.54) is 16.7 Å². The van der Waals surface area contributed by atoms with Gasteiger partial charge in [-0.3, -0.25) is 10.2 Å². The van der Waals surface area contributed by atoms with Crippen LogP contribution in [0.3, 0.4) is 0 Å². The number of likely N-dealkylation sites (tertiary alicyclic amines) is 1. The van der Waals surface area contributed by atoms with E-state index in [2.05, 4.69) is 64.3 Å². The maximum absolute atomic E-state index is 13.0. The fraction of sp³-hybridized carbons (Fsp3) is 0.458. The molecular formula is C24H29N3O2. The lowest BCUT2D eigenvalue weighted by atomic mass is 9.84. The van der Waals surface area contributed by atoms with Gasteiger partial charge >= 0.3 is 0 Å². The van der Waals surface area contributed by atoms with Gasteiger partial charge in [0.2, 0.25) is 5.91 Å². The number of hydrazine groups is 1. The zero-order valence-corrected chi connectivity index (χ0v) is 16.7. The highest BCUT2D eigenvalue weighted by atomic mass is 16.5. The molecule has 5 nitrogen and oxygen atoms in total. The minimum absolute atomic E-state index is 0.145. The summed E-state index contributed by atoms with van der Waals surface area (Å²) in [6, 6.07) is 20.0. The fourth-order valence-corrected chi connectivity index (χ4v) is 5.05. The Morgan fingerprint density at radius 3 is 2.38 bits per heavy atom. The van der Waals surface area contributed by atoms with E-state index in [1.54, 1.807) is 0 Å². The lowest BCUT2D eigenvalue weighted by Crippen LogP contribution is -2.50. The Kier molecular flexibility index (Phi) is 5.36. The average Bonchev–Trinajstić information content (AvgIpc) is 3.23. The van der Waals surface area contributed by atoms with Gasteiger partial charge in [0.15, 0.2) is 0 Å². The molecule has 2 aromatic rings. The Hall–Kier alpha value is -2.21. The predicted molar refractivity (Wildman–Crippen MR) is 113 cm³/mol. The van der Waals surface area contributed by atoms with E-state index < -0.39 is 0 Å². The first-order valence-corrected chi connectivity index (χ1v) is 10.8. The third kappa shape index (κ3) is 3.82. The van der Waals surface area contributed by atoms with Crippen molar-refractivity contribution in [2.45, 2.75) is 31.3 Å². The molecule has 3 saturated heterocycles. The first-order valence-electron chi connectivity index (χ1n) is 10.8. The molecule has 1 amide bonds. The van der Waals surface area contributed by atoms with Crippen molar-refractivity contribution in [1.29, 1.82) is 0 Å². The van der Waals surface area contributed by atoms with Crippen molar-refractivity contribution in [3.05, 3.63) is 60.2 Å². The Balaban J connectivity index is 1.29. The number of amides is 1. The molecule has 3 atom stereocenters. The van der Waals surface area contributed by atoms with E-state index in [-0.39, 0.29) is 12.0 Å². The molecule has 0 aliphatic carbocycles. The predicted octanol–water partition coefficient (Wildman–Crippen LogP) is 3.15. The highest BCUT2D eigenvalue weighted by molar-refractivity contribution is 5.79. The molecule has 0 aromatic heterocycles. The normalized spacial score (nSPS) is 27.6. The third-order valence-electron chi connectivity index (χ3n) is 6.77. The number of hydrogen-bond acceptors (Lipinski definition) is 4. The SMILES string of the molecule is O=C(C1CCOCC1)N1CCC2NNC(c3ccc(-c4ccccc4)cc3)C2C1. The molecule has 5 rings (SSSR count). The highest BCUT2D eigenvalue weighted by Gasteiger charge is 2.42. The molecule has 2 N–H and O–H groups in total. The van der Waals surface area contributed by atoms with E-state index >= 15 is 0 Å². The molecule has 5 heteroatoms. The molecule has 3 heterocycles. The summed E-state index contributed by atoms with van der Waals surface area (Å²) < 4.78 is 5.43.